The largest absolute Gasteiger partial charge is 0.389 e. The van der Waals surface area contributed by atoms with E-state index >= 15 is 0 Å². The SMILES string of the molecule is CCNC(=O)CCNCC(O)COCCOC(C)C. The second-order valence-electron chi connectivity index (χ2n) is 4.56. The van der Waals surface area contributed by atoms with Crippen molar-refractivity contribution < 1.29 is 19.4 Å². The average Bonchev–Trinajstić information content (AvgIpc) is 2.34. The topological polar surface area (TPSA) is 79.8 Å². The molecule has 6 nitrogen and oxygen atoms in total. The molecule has 3 N–H and O–H groups in total. The summed E-state index contributed by atoms with van der Waals surface area (Å²) in [5.41, 5.74) is 0. The van der Waals surface area contributed by atoms with Crippen LogP contribution in [0.1, 0.15) is 27.2 Å². The molecule has 114 valence electrons. The van der Waals surface area contributed by atoms with Crippen molar-refractivity contribution in [3.8, 4) is 0 Å². The van der Waals surface area contributed by atoms with Gasteiger partial charge in [-0.1, -0.05) is 0 Å². The van der Waals surface area contributed by atoms with E-state index in [0.717, 1.165) is 0 Å². The van der Waals surface area contributed by atoms with Crippen molar-refractivity contribution in [1.82, 2.24) is 10.6 Å². The van der Waals surface area contributed by atoms with Crippen LogP contribution in [-0.2, 0) is 14.3 Å². The van der Waals surface area contributed by atoms with Gasteiger partial charge in [0.1, 0.15) is 0 Å². The number of ether oxygens (including phenoxy) is 2. The van der Waals surface area contributed by atoms with Crippen LogP contribution in [0.3, 0.4) is 0 Å². The molecule has 0 aromatic heterocycles. The average molecular weight is 276 g/mol. The van der Waals surface area contributed by atoms with Gasteiger partial charge in [-0.05, 0) is 20.8 Å². The fourth-order valence-corrected chi connectivity index (χ4v) is 1.38. The Morgan fingerprint density at radius 1 is 1.32 bits per heavy atom. The van der Waals surface area contributed by atoms with Gasteiger partial charge in [0, 0.05) is 26.1 Å². The number of hydrogen-bond donors (Lipinski definition) is 3. The Morgan fingerprint density at radius 3 is 2.68 bits per heavy atom. The van der Waals surface area contributed by atoms with Crippen LogP contribution in [0.5, 0.6) is 0 Å². The molecule has 1 amide bonds. The van der Waals surface area contributed by atoms with Crippen LogP contribution in [0.2, 0.25) is 0 Å². The van der Waals surface area contributed by atoms with E-state index in [2.05, 4.69) is 10.6 Å². The van der Waals surface area contributed by atoms with Crippen LogP contribution < -0.4 is 10.6 Å². The first-order valence-electron chi connectivity index (χ1n) is 6.91. The monoisotopic (exact) mass is 276 g/mol. The standard InChI is InChI=1S/C13H28N2O4/c1-4-15-13(17)5-6-14-9-12(16)10-18-7-8-19-11(2)3/h11-12,14,16H,4-10H2,1-3H3,(H,15,17). The summed E-state index contributed by atoms with van der Waals surface area (Å²) in [6.07, 6.45) is 0.0571. The molecule has 0 saturated heterocycles. The van der Waals surface area contributed by atoms with Crippen LogP contribution in [0.4, 0.5) is 0 Å². The van der Waals surface area contributed by atoms with Crippen molar-refractivity contribution in [3.63, 3.8) is 0 Å². The van der Waals surface area contributed by atoms with Gasteiger partial charge in [-0.25, -0.2) is 0 Å². The summed E-state index contributed by atoms with van der Waals surface area (Å²) < 4.78 is 10.6. The molecular formula is C13H28N2O4. The van der Waals surface area contributed by atoms with Gasteiger partial charge in [0.15, 0.2) is 0 Å². The van der Waals surface area contributed by atoms with Crippen LogP contribution >= 0.6 is 0 Å². The fourth-order valence-electron chi connectivity index (χ4n) is 1.38. The van der Waals surface area contributed by atoms with Crippen LogP contribution in [0.25, 0.3) is 0 Å². The maximum atomic E-state index is 11.1. The molecule has 0 saturated carbocycles. The van der Waals surface area contributed by atoms with Crippen molar-refractivity contribution in [2.45, 2.75) is 39.4 Å². The molecule has 1 atom stereocenters. The third kappa shape index (κ3) is 13.5. The molecule has 1 unspecified atom stereocenters. The zero-order chi connectivity index (χ0) is 14.5. The molecule has 0 fully saturated rings. The number of carbonyl (C=O) groups is 1. The Kier molecular flexibility index (Phi) is 11.9. The smallest absolute Gasteiger partial charge is 0.221 e. The minimum absolute atomic E-state index is 0.0200. The summed E-state index contributed by atoms with van der Waals surface area (Å²) in [4.78, 5) is 11.1. The van der Waals surface area contributed by atoms with Crippen molar-refractivity contribution >= 4 is 5.91 Å². The lowest BCUT2D eigenvalue weighted by atomic mass is 10.3. The Morgan fingerprint density at radius 2 is 2.05 bits per heavy atom. The Bertz CT molecular complexity index is 225. The van der Waals surface area contributed by atoms with Gasteiger partial charge < -0.3 is 25.2 Å². The first-order chi connectivity index (χ1) is 9.06. The second kappa shape index (κ2) is 12.3. The molecule has 0 rings (SSSR count). The summed E-state index contributed by atoms with van der Waals surface area (Å²) in [6.45, 7) is 8.73. The van der Waals surface area contributed by atoms with E-state index < -0.39 is 6.10 Å². The number of amides is 1. The quantitative estimate of drug-likeness (QED) is 0.434. The minimum Gasteiger partial charge on any atom is -0.389 e. The van der Waals surface area contributed by atoms with E-state index in [1.54, 1.807) is 0 Å². The first-order valence-corrected chi connectivity index (χ1v) is 6.91. The molecule has 0 aromatic carbocycles. The molecule has 0 aromatic rings. The highest BCUT2D eigenvalue weighted by atomic mass is 16.5. The number of nitrogens with one attached hydrogen (secondary N) is 2. The zero-order valence-electron chi connectivity index (χ0n) is 12.3. The number of aliphatic hydroxyl groups excluding tert-OH is 1. The lowest BCUT2D eigenvalue weighted by molar-refractivity contribution is -0.120. The molecule has 0 aliphatic carbocycles. The highest BCUT2D eigenvalue weighted by molar-refractivity contribution is 5.75. The predicted octanol–water partition coefficient (Wildman–Crippen LogP) is -0.0953. The number of aliphatic hydroxyl groups is 1. The third-order valence-electron chi connectivity index (χ3n) is 2.27. The molecular weight excluding hydrogens is 248 g/mol. The summed E-state index contributed by atoms with van der Waals surface area (Å²) in [5, 5.41) is 15.3. The van der Waals surface area contributed by atoms with Crippen LogP contribution in [0, 0.1) is 0 Å². The van der Waals surface area contributed by atoms with Gasteiger partial charge >= 0.3 is 0 Å². The van der Waals surface area contributed by atoms with Gasteiger partial charge in [-0.15, -0.1) is 0 Å². The summed E-state index contributed by atoms with van der Waals surface area (Å²) in [5.74, 6) is 0.0200. The highest BCUT2D eigenvalue weighted by Crippen LogP contribution is 1.89. The first kappa shape index (κ1) is 18.3. The minimum atomic E-state index is -0.562. The van der Waals surface area contributed by atoms with E-state index in [4.69, 9.17) is 9.47 Å². The van der Waals surface area contributed by atoms with Crippen molar-refractivity contribution in [1.29, 1.82) is 0 Å². The Balaban J connectivity index is 3.30. The van der Waals surface area contributed by atoms with Crippen molar-refractivity contribution in [2.24, 2.45) is 0 Å². The van der Waals surface area contributed by atoms with E-state index in [0.29, 0.717) is 39.3 Å². The van der Waals surface area contributed by atoms with Crippen LogP contribution in [0.15, 0.2) is 0 Å². The molecule has 0 heterocycles. The summed E-state index contributed by atoms with van der Waals surface area (Å²) >= 11 is 0. The molecule has 0 spiro atoms. The molecule has 0 bridgehead atoms. The molecule has 0 radical (unpaired) electrons. The van der Waals surface area contributed by atoms with Crippen LogP contribution in [-0.4, -0.2) is 62.7 Å². The van der Waals surface area contributed by atoms with E-state index in [-0.39, 0.29) is 18.6 Å². The zero-order valence-corrected chi connectivity index (χ0v) is 12.3. The Hall–Kier alpha value is -0.690. The third-order valence-corrected chi connectivity index (χ3v) is 2.27. The molecule has 0 aliphatic rings. The second-order valence-corrected chi connectivity index (χ2v) is 4.56. The highest BCUT2D eigenvalue weighted by Gasteiger charge is 2.05. The number of hydrogen-bond acceptors (Lipinski definition) is 5. The maximum Gasteiger partial charge on any atom is 0.221 e. The number of rotatable bonds is 12. The van der Waals surface area contributed by atoms with Gasteiger partial charge in [0.25, 0.3) is 0 Å². The normalized spacial score (nSPS) is 12.7. The molecule has 19 heavy (non-hydrogen) atoms. The van der Waals surface area contributed by atoms with Gasteiger partial charge in [-0.2, -0.15) is 0 Å². The predicted molar refractivity (Wildman–Crippen MR) is 74.1 cm³/mol. The van der Waals surface area contributed by atoms with Crippen molar-refractivity contribution in [3.05, 3.63) is 0 Å². The Labute approximate surface area is 115 Å². The van der Waals surface area contributed by atoms with Gasteiger partial charge in [0.05, 0.1) is 32.0 Å². The molecule has 0 aliphatic heterocycles. The lowest BCUT2D eigenvalue weighted by Crippen LogP contribution is -2.33. The maximum absolute atomic E-state index is 11.1. The summed E-state index contributed by atoms with van der Waals surface area (Å²) in [7, 11) is 0. The van der Waals surface area contributed by atoms with Crippen molar-refractivity contribution in [2.75, 3.05) is 39.5 Å². The van der Waals surface area contributed by atoms with E-state index in [1.807, 2.05) is 20.8 Å². The summed E-state index contributed by atoms with van der Waals surface area (Å²) in [6, 6.07) is 0. The van der Waals surface area contributed by atoms with Gasteiger partial charge in [0.2, 0.25) is 5.91 Å². The van der Waals surface area contributed by atoms with Gasteiger partial charge in [-0.3, -0.25) is 4.79 Å². The molecule has 6 heteroatoms. The number of carbonyl (C=O) groups excluding carboxylic acids is 1. The fraction of sp³-hybridized carbons (Fsp3) is 0.923. The van der Waals surface area contributed by atoms with E-state index in [9.17, 15) is 9.90 Å². The van der Waals surface area contributed by atoms with E-state index in [1.165, 1.54) is 0 Å². The lowest BCUT2D eigenvalue weighted by Gasteiger charge is -2.13.